The molecule has 0 aliphatic carbocycles. The molecule has 0 aromatic heterocycles. The Kier molecular flexibility index (Phi) is 6.88. The van der Waals surface area contributed by atoms with Crippen molar-refractivity contribution in [1.29, 1.82) is 0 Å². The maximum atomic E-state index is 5.22. The first-order valence-corrected chi connectivity index (χ1v) is 5.71. The van der Waals surface area contributed by atoms with Gasteiger partial charge < -0.3 is 4.74 Å². The van der Waals surface area contributed by atoms with Crippen LogP contribution >= 0.6 is 12.6 Å². The topological polar surface area (TPSA) is 9.23 Å². The van der Waals surface area contributed by atoms with Gasteiger partial charge in [-0.15, -0.1) is 0 Å². The van der Waals surface area contributed by atoms with E-state index in [2.05, 4.69) is 40.3 Å². The lowest BCUT2D eigenvalue weighted by atomic mass is 9.93. The molecule has 0 aliphatic rings. The van der Waals surface area contributed by atoms with Crippen LogP contribution in [-0.4, -0.2) is 18.5 Å². The van der Waals surface area contributed by atoms with Crippen LogP contribution in [0.5, 0.6) is 0 Å². The highest BCUT2D eigenvalue weighted by Gasteiger charge is 2.17. The second-order valence-electron chi connectivity index (χ2n) is 4.34. The molecule has 0 aliphatic heterocycles. The van der Waals surface area contributed by atoms with Crippen LogP contribution in [0.3, 0.4) is 0 Å². The molecule has 0 saturated carbocycles. The minimum Gasteiger partial charge on any atom is -0.382 e. The molecule has 0 fully saturated rings. The number of hydrogen-bond donors (Lipinski definition) is 1. The third kappa shape index (κ3) is 5.58. The maximum absolute atomic E-state index is 5.22. The van der Waals surface area contributed by atoms with Crippen molar-refractivity contribution in [3.63, 3.8) is 0 Å². The molecular weight excluding hydrogens is 180 g/mol. The summed E-state index contributed by atoms with van der Waals surface area (Å²) in [6.07, 6.45) is 2.73. The van der Waals surface area contributed by atoms with E-state index in [1.54, 1.807) is 7.11 Å². The summed E-state index contributed by atoms with van der Waals surface area (Å²) in [5, 5.41) is 0.518. The fraction of sp³-hybridized carbons (Fsp3) is 1.00. The van der Waals surface area contributed by atoms with Gasteiger partial charge in [0.1, 0.15) is 0 Å². The van der Waals surface area contributed by atoms with Crippen LogP contribution in [0.25, 0.3) is 0 Å². The van der Waals surface area contributed by atoms with Crippen LogP contribution < -0.4 is 0 Å². The maximum Gasteiger partial charge on any atom is 0.0543 e. The molecule has 3 atom stereocenters. The van der Waals surface area contributed by atoms with Gasteiger partial charge in [-0.2, -0.15) is 12.6 Å². The number of hydrogen-bond acceptors (Lipinski definition) is 2. The Labute approximate surface area is 88.7 Å². The summed E-state index contributed by atoms with van der Waals surface area (Å²) >= 11 is 4.61. The van der Waals surface area contributed by atoms with Crippen molar-refractivity contribution < 1.29 is 4.74 Å². The first-order valence-electron chi connectivity index (χ1n) is 5.19. The van der Waals surface area contributed by atoms with Crippen molar-refractivity contribution in [2.24, 2.45) is 11.8 Å². The van der Waals surface area contributed by atoms with Crippen LogP contribution in [0, 0.1) is 11.8 Å². The Morgan fingerprint density at radius 1 is 1.08 bits per heavy atom. The first kappa shape index (κ1) is 13.3. The van der Waals surface area contributed by atoms with E-state index in [1.807, 2.05) is 0 Å². The van der Waals surface area contributed by atoms with E-state index >= 15 is 0 Å². The lowest BCUT2D eigenvalue weighted by molar-refractivity contribution is 0.104. The minimum atomic E-state index is 0.384. The average molecular weight is 204 g/mol. The van der Waals surface area contributed by atoms with Crippen LogP contribution in [0.4, 0.5) is 0 Å². The van der Waals surface area contributed by atoms with E-state index in [4.69, 9.17) is 4.74 Å². The van der Waals surface area contributed by atoms with Crippen LogP contribution in [0.2, 0.25) is 0 Å². The third-order valence-electron chi connectivity index (χ3n) is 2.70. The molecule has 0 radical (unpaired) electrons. The Morgan fingerprint density at radius 2 is 1.62 bits per heavy atom. The summed E-state index contributed by atoms with van der Waals surface area (Å²) < 4.78 is 5.22. The SMILES string of the molecule is COC(C)CCC(C)C(S)C(C)C. The van der Waals surface area contributed by atoms with Crippen molar-refractivity contribution in [2.45, 2.75) is 51.9 Å². The molecule has 0 saturated heterocycles. The molecule has 13 heavy (non-hydrogen) atoms. The summed E-state index contributed by atoms with van der Waals surface area (Å²) in [5.74, 6) is 1.34. The van der Waals surface area contributed by atoms with E-state index < -0.39 is 0 Å². The summed E-state index contributed by atoms with van der Waals surface area (Å²) in [6, 6.07) is 0. The quantitative estimate of drug-likeness (QED) is 0.653. The normalized spacial score (nSPS) is 18.7. The highest BCUT2D eigenvalue weighted by Crippen LogP contribution is 2.23. The molecule has 2 heteroatoms. The Balaban J connectivity index is 3.67. The van der Waals surface area contributed by atoms with E-state index in [-0.39, 0.29) is 0 Å². The Morgan fingerprint density at radius 3 is 2.00 bits per heavy atom. The second kappa shape index (κ2) is 6.72. The zero-order valence-electron chi connectivity index (χ0n) is 9.58. The molecule has 3 unspecified atom stereocenters. The van der Waals surface area contributed by atoms with Crippen molar-refractivity contribution >= 4 is 12.6 Å². The van der Waals surface area contributed by atoms with Crippen molar-refractivity contribution in [3.05, 3.63) is 0 Å². The van der Waals surface area contributed by atoms with E-state index in [0.29, 0.717) is 23.2 Å². The lowest BCUT2D eigenvalue weighted by Crippen LogP contribution is -2.19. The molecule has 80 valence electrons. The molecule has 0 aromatic carbocycles. The van der Waals surface area contributed by atoms with Gasteiger partial charge in [0.05, 0.1) is 6.10 Å². The van der Waals surface area contributed by atoms with Crippen molar-refractivity contribution in [2.75, 3.05) is 7.11 Å². The van der Waals surface area contributed by atoms with Gasteiger partial charge in [-0.05, 0) is 31.6 Å². The van der Waals surface area contributed by atoms with Gasteiger partial charge in [-0.25, -0.2) is 0 Å². The number of thiol groups is 1. The Hall–Kier alpha value is 0.310. The number of ether oxygens (including phenoxy) is 1. The van der Waals surface area contributed by atoms with Crippen LogP contribution in [-0.2, 0) is 4.74 Å². The predicted octanol–water partition coefficient (Wildman–Crippen LogP) is 3.39. The summed E-state index contributed by atoms with van der Waals surface area (Å²) in [7, 11) is 1.77. The standard InChI is InChI=1S/C11H24OS/c1-8(2)11(13)9(3)6-7-10(4)12-5/h8-11,13H,6-7H2,1-5H3. The Bertz CT molecular complexity index is 125. The van der Waals surface area contributed by atoms with E-state index in [1.165, 1.54) is 6.42 Å². The second-order valence-corrected chi connectivity index (χ2v) is 4.93. The fourth-order valence-corrected chi connectivity index (χ4v) is 1.59. The molecule has 0 spiro atoms. The summed E-state index contributed by atoms with van der Waals surface area (Å²) in [4.78, 5) is 0. The van der Waals surface area contributed by atoms with Gasteiger partial charge >= 0.3 is 0 Å². The smallest absolute Gasteiger partial charge is 0.0543 e. The van der Waals surface area contributed by atoms with Crippen molar-refractivity contribution in [3.8, 4) is 0 Å². The van der Waals surface area contributed by atoms with Crippen molar-refractivity contribution in [1.82, 2.24) is 0 Å². The third-order valence-corrected chi connectivity index (χ3v) is 3.80. The molecule has 0 heterocycles. The van der Waals surface area contributed by atoms with Gasteiger partial charge in [-0.3, -0.25) is 0 Å². The predicted molar refractivity (Wildman–Crippen MR) is 62.5 cm³/mol. The van der Waals surface area contributed by atoms with Crippen LogP contribution in [0.1, 0.15) is 40.5 Å². The van der Waals surface area contributed by atoms with E-state index in [9.17, 15) is 0 Å². The zero-order chi connectivity index (χ0) is 10.4. The zero-order valence-corrected chi connectivity index (χ0v) is 10.5. The molecular formula is C11H24OS. The van der Waals surface area contributed by atoms with Gasteiger partial charge in [0.15, 0.2) is 0 Å². The summed E-state index contributed by atoms with van der Waals surface area (Å²) in [5.41, 5.74) is 0. The largest absolute Gasteiger partial charge is 0.382 e. The summed E-state index contributed by atoms with van der Waals surface area (Å²) in [6.45, 7) is 8.86. The van der Waals surface area contributed by atoms with Crippen LogP contribution in [0.15, 0.2) is 0 Å². The average Bonchev–Trinajstić information content (AvgIpc) is 2.11. The molecule has 0 aromatic rings. The fourth-order valence-electron chi connectivity index (χ4n) is 1.44. The highest BCUT2D eigenvalue weighted by molar-refractivity contribution is 7.81. The molecule has 1 nitrogen and oxygen atoms in total. The van der Waals surface area contributed by atoms with Gasteiger partial charge in [0, 0.05) is 12.4 Å². The molecule has 0 rings (SSSR count). The monoisotopic (exact) mass is 204 g/mol. The van der Waals surface area contributed by atoms with Gasteiger partial charge in [0.25, 0.3) is 0 Å². The number of rotatable bonds is 6. The molecule has 0 N–H and O–H groups in total. The van der Waals surface area contributed by atoms with Gasteiger partial charge in [0.2, 0.25) is 0 Å². The highest BCUT2D eigenvalue weighted by atomic mass is 32.1. The lowest BCUT2D eigenvalue weighted by Gasteiger charge is -2.23. The first-order chi connectivity index (χ1) is 5.99. The molecule has 0 bridgehead atoms. The minimum absolute atomic E-state index is 0.384. The van der Waals surface area contributed by atoms with E-state index in [0.717, 1.165) is 6.42 Å². The molecule has 0 amide bonds. The van der Waals surface area contributed by atoms with Gasteiger partial charge in [-0.1, -0.05) is 20.8 Å². The number of methoxy groups -OCH3 is 1.